The number of benzene rings is 1. The molecule has 0 amide bonds. The van der Waals surface area contributed by atoms with Crippen molar-refractivity contribution in [1.29, 1.82) is 0 Å². The van der Waals surface area contributed by atoms with Crippen LogP contribution in [0.3, 0.4) is 0 Å². The summed E-state index contributed by atoms with van der Waals surface area (Å²) in [6.45, 7) is 0. The SMILES string of the molecule is COc1c(C(=O)CCl)ccc(Cl)c1C(F)(F)F. The number of carbonyl (C=O) groups excluding carboxylic acids is 1. The maximum atomic E-state index is 12.7. The van der Waals surface area contributed by atoms with E-state index in [4.69, 9.17) is 23.2 Å². The highest BCUT2D eigenvalue weighted by Crippen LogP contribution is 2.42. The van der Waals surface area contributed by atoms with Crippen LogP contribution in [-0.4, -0.2) is 18.8 Å². The lowest BCUT2D eigenvalue weighted by Gasteiger charge is -2.16. The van der Waals surface area contributed by atoms with Gasteiger partial charge in [-0.2, -0.15) is 13.2 Å². The Kier molecular flexibility index (Phi) is 4.27. The summed E-state index contributed by atoms with van der Waals surface area (Å²) >= 11 is 10.8. The molecule has 1 aromatic carbocycles. The van der Waals surface area contributed by atoms with Crippen molar-refractivity contribution >= 4 is 29.0 Å². The first-order valence-corrected chi connectivity index (χ1v) is 5.27. The van der Waals surface area contributed by atoms with Crippen molar-refractivity contribution in [3.63, 3.8) is 0 Å². The highest BCUT2D eigenvalue weighted by molar-refractivity contribution is 6.33. The molecule has 0 saturated carbocycles. The zero-order chi connectivity index (χ0) is 13.2. The van der Waals surface area contributed by atoms with Crippen molar-refractivity contribution in [3.05, 3.63) is 28.3 Å². The number of ether oxygens (including phenoxy) is 1. The number of hydrogen-bond acceptors (Lipinski definition) is 2. The number of halogens is 5. The fourth-order valence-electron chi connectivity index (χ4n) is 1.33. The van der Waals surface area contributed by atoms with Crippen LogP contribution in [0.5, 0.6) is 5.75 Å². The molecule has 1 rings (SSSR count). The van der Waals surface area contributed by atoms with Crippen molar-refractivity contribution in [3.8, 4) is 5.75 Å². The fourth-order valence-corrected chi connectivity index (χ4v) is 1.73. The van der Waals surface area contributed by atoms with Gasteiger partial charge in [0, 0.05) is 0 Å². The van der Waals surface area contributed by atoms with Gasteiger partial charge < -0.3 is 4.74 Å². The molecule has 7 heteroatoms. The molecule has 0 heterocycles. The average Bonchev–Trinajstić information content (AvgIpc) is 2.25. The summed E-state index contributed by atoms with van der Waals surface area (Å²) in [4.78, 5) is 11.4. The molecule has 1 aromatic rings. The third-order valence-corrected chi connectivity index (χ3v) is 2.57. The Labute approximate surface area is 105 Å². The van der Waals surface area contributed by atoms with Gasteiger partial charge >= 0.3 is 6.18 Å². The monoisotopic (exact) mass is 286 g/mol. The number of alkyl halides is 4. The van der Waals surface area contributed by atoms with Crippen molar-refractivity contribution < 1.29 is 22.7 Å². The second-order valence-electron chi connectivity index (χ2n) is 3.06. The first-order valence-electron chi connectivity index (χ1n) is 4.35. The van der Waals surface area contributed by atoms with Gasteiger partial charge in [0.15, 0.2) is 5.78 Å². The summed E-state index contributed by atoms with van der Waals surface area (Å²) in [6.07, 6.45) is -4.70. The summed E-state index contributed by atoms with van der Waals surface area (Å²) in [7, 11) is 1.03. The van der Waals surface area contributed by atoms with E-state index in [0.29, 0.717) is 0 Å². The molecule has 0 spiro atoms. The van der Waals surface area contributed by atoms with Gasteiger partial charge in [0.2, 0.25) is 0 Å². The van der Waals surface area contributed by atoms with E-state index >= 15 is 0 Å². The van der Waals surface area contributed by atoms with Gasteiger partial charge in [-0.15, -0.1) is 11.6 Å². The molecule has 0 saturated heterocycles. The predicted molar refractivity (Wildman–Crippen MR) is 58.1 cm³/mol. The first-order chi connectivity index (χ1) is 7.82. The average molecular weight is 287 g/mol. The van der Waals surface area contributed by atoms with Crippen LogP contribution in [0.25, 0.3) is 0 Å². The van der Waals surface area contributed by atoms with Gasteiger partial charge in [-0.1, -0.05) is 11.6 Å². The lowest BCUT2D eigenvalue weighted by molar-refractivity contribution is -0.138. The lowest BCUT2D eigenvalue weighted by Crippen LogP contribution is -2.13. The molecule has 0 aromatic heterocycles. The molecule has 0 N–H and O–H groups in total. The molecule has 0 aliphatic carbocycles. The number of rotatable bonds is 3. The number of methoxy groups -OCH3 is 1. The van der Waals surface area contributed by atoms with Gasteiger partial charge in [-0.3, -0.25) is 4.79 Å². The number of hydrogen-bond donors (Lipinski definition) is 0. The van der Waals surface area contributed by atoms with Gasteiger partial charge in [-0.25, -0.2) is 0 Å². The van der Waals surface area contributed by atoms with Crippen LogP contribution in [0.4, 0.5) is 13.2 Å². The summed E-state index contributed by atoms with van der Waals surface area (Å²) in [5.41, 5.74) is -1.41. The van der Waals surface area contributed by atoms with Crippen molar-refractivity contribution in [1.82, 2.24) is 0 Å². The van der Waals surface area contributed by atoms with Crippen LogP contribution in [0.2, 0.25) is 5.02 Å². The normalized spacial score (nSPS) is 11.4. The van der Waals surface area contributed by atoms with Crippen LogP contribution < -0.4 is 4.74 Å². The molecule has 0 bridgehead atoms. The van der Waals surface area contributed by atoms with Crippen LogP contribution in [0.15, 0.2) is 12.1 Å². The lowest BCUT2D eigenvalue weighted by atomic mass is 10.1. The molecule has 0 unspecified atom stereocenters. The molecule has 94 valence electrons. The Morgan fingerprint density at radius 3 is 2.41 bits per heavy atom. The topological polar surface area (TPSA) is 26.3 Å². The highest BCUT2D eigenvalue weighted by atomic mass is 35.5. The Balaban J connectivity index is 3.53. The van der Waals surface area contributed by atoms with Crippen LogP contribution in [-0.2, 0) is 6.18 Å². The molecule has 0 atom stereocenters. The van der Waals surface area contributed by atoms with E-state index in [2.05, 4.69) is 4.74 Å². The number of ketones is 1. The highest BCUT2D eigenvalue weighted by Gasteiger charge is 2.38. The fraction of sp³-hybridized carbons (Fsp3) is 0.300. The van der Waals surface area contributed by atoms with E-state index in [9.17, 15) is 18.0 Å². The van der Waals surface area contributed by atoms with E-state index in [1.165, 1.54) is 0 Å². The molecule has 0 aliphatic heterocycles. The Morgan fingerprint density at radius 1 is 1.41 bits per heavy atom. The Morgan fingerprint density at radius 2 is 2.00 bits per heavy atom. The molecular formula is C10H7Cl2F3O2. The number of Topliss-reactive ketones (excluding diaryl/α,β-unsaturated/α-hetero) is 1. The second kappa shape index (κ2) is 5.14. The molecule has 17 heavy (non-hydrogen) atoms. The molecule has 0 fully saturated rings. The predicted octanol–water partition coefficient (Wildman–Crippen LogP) is 3.79. The van der Waals surface area contributed by atoms with E-state index in [-0.39, 0.29) is 5.56 Å². The third kappa shape index (κ3) is 2.84. The minimum Gasteiger partial charge on any atom is -0.495 e. The van der Waals surface area contributed by atoms with E-state index in [0.717, 1.165) is 19.2 Å². The van der Waals surface area contributed by atoms with Crippen molar-refractivity contribution in [2.75, 3.05) is 13.0 Å². The van der Waals surface area contributed by atoms with Crippen molar-refractivity contribution in [2.24, 2.45) is 0 Å². The maximum absolute atomic E-state index is 12.7. The minimum absolute atomic E-state index is 0.237. The molecule has 2 nitrogen and oxygen atoms in total. The third-order valence-electron chi connectivity index (χ3n) is 2.02. The first kappa shape index (κ1) is 14.1. The van der Waals surface area contributed by atoms with E-state index in [1.807, 2.05) is 0 Å². The Bertz CT molecular complexity index is 444. The summed E-state index contributed by atoms with van der Waals surface area (Å²) in [5.74, 6) is -1.70. The molecule has 0 aliphatic rings. The van der Waals surface area contributed by atoms with Crippen LogP contribution >= 0.6 is 23.2 Å². The summed E-state index contributed by atoms with van der Waals surface area (Å²) in [5, 5.41) is -0.527. The minimum atomic E-state index is -4.70. The zero-order valence-corrected chi connectivity index (χ0v) is 10.1. The standard InChI is InChI=1S/C10H7Cl2F3O2/c1-17-9-5(7(16)4-11)2-3-6(12)8(9)10(13,14)15/h2-3H,4H2,1H3. The number of carbonyl (C=O) groups is 1. The molecule has 0 radical (unpaired) electrons. The van der Waals surface area contributed by atoms with E-state index < -0.39 is 34.2 Å². The smallest absolute Gasteiger partial charge is 0.421 e. The van der Waals surface area contributed by atoms with Crippen LogP contribution in [0, 0.1) is 0 Å². The Hall–Kier alpha value is -0.940. The largest absolute Gasteiger partial charge is 0.495 e. The zero-order valence-electron chi connectivity index (χ0n) is 8.57. The maximum Gasteiger partial charge on any atom is 0.421 e. The van der Waals surface area contributed by atoms with E-state index in [1.54, 1.807) is 0 Å². The van der Waals surface area contributed by atoms with Gasteiger partial charge in [-0.05, 0) is 12.1 Å². The van der Waals surface area contributed by atoms with Gasteiger partial charge in [0.05, 0.1) is 23.6 Å². The quantitative estimate of drug-likeness (QED) is 0.624. The molecular weight excluding hydrogens is 280 g/mol. The summed E-state index contributed by atoms with van der Waals surface area (Å²) < 4.78 is 42.8. The van der Waals surface area contributed by atoms with Crippen LogP contribution in [0.1, 0.15) is 15.9 Å². The van der Waals surface area contributed by atoms with Crippen molar-refractivity contribution in [2.45, 2.75) is 6.18 Å². The van der Waals surface area contributed by atoms with Gasteiger partial charge in [0.25, 0.3) is 0 Å². The second-order valence-corrected chi connectivity index (χ2v) is 3.73. The summed E-state index contributed by atoms with van der Waals surface area (Å²) in [6, 6.07) is 2.15. The van der Waals surface area contributed by atoms with Gasteiger partial charge in [0.1, 0.15) is 11.3 Å².